The lowest BCUT2D eigenvalue weighted by Gasteiger charge is -2.37. The van der Waals surface area contributed by atoms with Gasteiger partial charge in [-0.25, -0.2) is 0 Å². The Hall–Kier alpha value is -1.00. The van der Waals surface area contributed by atoms with Crippen molar-refractivity contribution in [2.75, 3.05) is 13.2 Å². The number of rotatable bonds is 6. The summed E-state index contributed by atoms with van der Waals surface area (Å²) in [6.07, 6.45) is 3.01. The Morgan fingerprint density at radius 2 is 1.79 bits per heavy atom. The number of ether oxygens (including phenoxy) is 2. The quantitative estimate of drug-likeness (QED) is 0.570. The number of benzene rings is 1. The molecule has 0 saturated heterocycles. The zero-order valence-corrected chi connectivity index (χ0v) is 17.5. The largest absolute Gasteiger partial charge is 0.507 e. The second-order valence-electron chi connectivity index (χ2n) is 8.80. The maximum Gasteiger partial charge on any atom is 0.130 e. The second kappa shape index (κ2) is 7.09. The summed E-state index contributed by atoms with van der Waals surface area (Å²) in [5, 5.41) is 10.3. The van der Waals surface area contributed by atoms with E-state index in [1.807, 2.05) is 20.8 Å². The van der Waals surface area contributed by atoms with Crippen LogP contribution in [0.15, 0.2) is 0 Å². The first-order valence-electron chi connectivity index (χ1n) is 9.12. The minimum absolute atomic E-state index is 0.271. The van der Waals surface area contributed by atoms with Gasteiger partial charge in [0.15, 0.2) is 0 Å². The minimum Gasteiger partial charge on any atom is -0.507 e. The highest BCUT2D eigenvalue weighted by molar-refractivity contribution is 6.76. The third-order valence-electron chi connectivity index (χ3n) is 5.22. The van der Waals surface area contributed by atoms with Crippen LogP contribution in [0.5, 0.6) is 11.5 Å². The normalized spacial score (nSPS) is 20.6. The van der Waals surface area contributed by atoms with Gasteiger partial charge < -0.3 is 14.6 Å². The molecule has 0 amide bonds. The van der Waals surface area contributed by atoms with Gasteiger partial charge in [0, 0.05) is 20.2 Å². The van der Waals surface area contributed by atoms with Crippen LogP contribution < -0.4 is 4.74 Å². The maximum atomic E-state index is 10.3. The third kappa shape index (κ3) is 4.34. The van der Waals surface area contributed by atoms with Gasteiger partial charge in [-0.1, -0.05) is 25.7 Å². The van der Waals surface area contributed by atoms with Crippen molar-refractivity contribution >= 4 is 8.07 Å². The van der Waals surface area contributed by atoms with Crippen molar-refractivity contribution in [3.63, 3.8) is 0 Å². The van der Waals surface area contributed by atoms with Crippen LogP contribution >= 0.6 is 0 Å². The molecule has 0 spiro atoms. The van der Waals surface area contributed by atoms with E-state index in [0.717, 1.165) is 53.9 Å². The smallest absolute Gasteiger partial charge is 0.130 e. The van der Waals surface area contributed by atoms with E-state index in [9.17, 15) is 5.11 Å². The highest BCUT2D eigenvalue weighted by Crippen LogP contribution is 2.43. The van der Waals surface area contributed by atoms with Gasteiger partial charge in [0.05, 0.1) is 6.61 Å². The number of aromatic hydroxyl groups is 1. The first-order valence-corrected chi connectivity index (χ1v) is 12.8. The summed E-state index contributed by atoms with van der Waals surface area (Å²) in [6, 6.07) is 1.31. The Kier molecular flexibility index (Phi) is 5.70. The number of hydrogen-bond donors (Lipinski definition) is 1. The second-order valence-corrected chi connectivity index (χ2v) is 14.4. The molecule has 0 fully saturated rings. The summed E-state index contributed by atoms with van der Waals surface area (Å²) in [7, 11) is -0.973. The lowest BCUT2D eigenvalue weighted by atomic mass is 9.87. The Bertz CT molecular complexity index is 604. The van der Waals surface area contributed by atoms with Crippen molar-refractivity contribution in [3.05, 3.63) is 22.3 Å². The summed E-state index contributed by atoms with van der Waals surface area (Å²) >= 11 is 0. The van der Waals surface area contributed by atoms with E-state index in [0.29, 0.717) is 12.4 Å². The molecule has 0 radical (unpaired) electrons. The van der Waals surface area contributed by atoms with Gasteiger partial charge in [-0.15, -0.1) is 0 Å². The fourth-order valence-corrected chi connectivity index (χ4v) is 4.59. The van der Waals surface area contributed by atoms with Crippen molar-refractivity contribution in [1.82, 2.24) is 0 Å². The highest BCUT2D eigenvalue weighted by Gasteiger charge is 2.34. The summed E-state index contributed by atoms with van der Waals surface area (Å²) in [5.74, 6) is 1.38. The van der Waals surface area contributed by atoms with Gasteiger partial charge in [-0.2, -0.15) is 0 Å². The van der Waals surface area contributed by atoms with E-state index in [1.54, 1.807) is 0 Å². The first-order chi connectivity index (χ1) is 11.0. The number of phenolic OH excluding ortho intramolecular Hbond substituents is 1. The molecule has 1 atom stereocenters. The molecule has 1 aliphatic rings. The summed E-state index contributed by atoms with van der Waals surface area (Å²) in [4.78, 5) is 0. The van der Waals surface area contributed by atoms with Crippen molar-refractivity contribution in [3.8, 4) is 11.5 Å². The van der Waals surface area contributed by atoms with E-state index in [4.69, 9.17) is 9.47 Å². The van der Waals surface area contributed by atoms with Crippen LogP contribution in [0.2, 0.25) is 25.7 Å². The number of hydrogen-bond acceptors (Lipinski definition) is 3. The first kappa shape index (κ1) is 19.3. The Labute approximate surface area is 148 Å². The van der Waals surface area contributed by atoms with E-state index < -0.39 is 8.07 Å². The molecule has 24 heavy (non-hydrogen) atoms. The maximum absolute atomic E-state index is 10.3. The van der Waals surface area contributed by atoms with Gasteiger partial charge >= 0.3 is 0 Å². The summed E-state index contributed by atoms with van der Waals surface area (Å²) in [6.45, 7) is 16.8. The van der Waals surface area contributed by atoms with Crippen LogP contribution in [0.4, 0.5) is 0 Å². The Morgan fingerprint density at radius 1 is 1.12 bits per heavy atom. The molecule has 4 heteroatoms. The molecule has 0 aliphatic carbocycles. The third-order valence-corrected chi connectivity index (χ3v) is 7.07. The molecule has 1 aromatic carbocycles. The van der Waals surface area contributed by atoms with Crippen LogP contribution in [-0.2, 0) is 11.2 Å². The van der Waals surface area contributed by atoms with E-state index in [-0.39, 0.29) is 5.60 Å². The molecule has 0 aromatic heterocycles. The highest BCUT2D eigenvalue weighted by atomic mass is 28.3. The van der Waals surface area contributed by atoms with Gasteiger partial charge in [0.2, 0.25) is 0 Å². The predicted molar refractivity (Wildman–Crippen MR) is 103 cm³/mol. The molecule has 136 valence electrons. The van der Waals surface area contributed by atoms with Gasteiger partial charge in [-0.3, -0.25) is 0 Å². The van der Waals surface area contributed by atoms with Crippen LogP contribution in [0.1, 0.15) is 42.0 Å². The molecular formula is C20H34O3Si. The molecule has 1 aromatic rings. The lowest BCUT2D eigenvalue weighted by molar-refractivity contribution is -0.0281. The average Bonchev–Trinajstić information content (AvgIpc) is 2.49. The van der Waals surface area contributed by atoms with Crippen LogP contribution in [0.3, 0.4) is 0 Å². The molecule has 2 rings (SSSR count). The fraction of sp³-hybridized carbons (Fsp3) is 0.700. The van der Waals surface area contributed by atoms with Gasteiger partial charge in [0.1, 0.15) is 17.1 Å². The van der Waals surface area contributed by atoms with Gasteiger partial charge in [0.25, 0.3) is 0 Å². The molecular weight excluding hydrogens is 316 g/mol. The topological polar surface area (TPSA) is 38.7 Å². The van der Waals surface area contributed by atoms with E-state index in [2.05, 4.69) is 26.6 Å². The van der Waals surface area contributed by atoms with Crippen molar-refractivity contribution in [1.29, 1.82) is 0 Å². The SMILES string of the molecule is Cc1c(C)c2c(c(C)c1O)CCC(C)(COCCC[Si](C)(C)C)O2. The van der Waals surface area contributed by atoms with Crippen molar-refractivity contribution in [2.45, 2.75) is 78.2 Å². The van der Waals surface area contributed by atoms with E-state index >= 15 is 0 Å². The summed E-state index contributed by atoms with van der Waals surface area (Å²) < 4.78 is 12.3. The predicted octanol–water partition coefficient (Wildman–Crippen LogP) is 5.15. The fourth-order valence-electron chi connectivity index (χ4n) is 3.39. The molecule has 1 N–H and O–H groups in total. The molecule has 1 heterocycles. The average molecular weight is 351 g/mol. The number of phenols is 1. The standard InChI is InChI=1S/C20H34O3Si/c1-14-15(2)19-17(16(3)18(14)21)9-10-20(4,23-19)13-22-11-8-12-24(5,6)7/h21H,8-13H2,1-7H3. The van der Waals surface area contributed by atoms with E-state index in [1.165, 1.54) is 6.04 Å². The molecule has 0 bridgehead atoms. The monoisotopic (exact) mass is 350 g/mol. The summed E-state index contributed by atoms with van der Waals surface area (Å²) in [5.41, 5.74) is 3.83. The van der Waals surface area contributed by atoms with Crippen molar-refractivity contribution < 1.29 is 14.6 Å². The number of fused-ring (bicyclic) bond motifs is 1. The molecule has 0 saturated carbocycles. The zero-order valence-electron chi connectivity index (χ0n) is 16.5. The van der Waals surface area contributed by atoms with Crippen molar-refractivity contribution in [2.24, 2.45) is 0 Å². The van der Waals surface area contributed by atoms with Crippen LogP contribution in [0.25, 0.3) is 0 Å². The molecule has 1 unspecified atom stereocenters. The minimum atomic E-state index is -0.973. The van der Waals surface area contributed by atoms with Crippen LogP contribution in [-0.4, -0.2) is 32.0 Å². The Balaban J connectivity index is 2.01. The Morgan fingerprint density at radius 3 is 2.42 bits per heavy atom. The van der Waals surface area contributed by atoms with Gasteiger partial charge in [-0.05, 0) is 63.6 Å². The lowest BCUT2D eigenvalue weighted by Crippen LogP contribution is -2.41. The zero-order chi connectivity index (χ0) is 18.1. The van der Waals surface area contributed by atoms with Crippen LogP contribution in [0, 0.1) is 20.8 Å². The molecule has 1 aliphatic heterocycles. The molecule has 3 nitrogen and oxygen atoms in total.